The van der Waals surface area contributed by atoms with Crippen molar-refractivity contribution in [3.05, 3.63) is 69.1 Å². The second-order valence-corrected chi connectivity index (χ2v) is 8.28. The molecule has 1 N–H and O–H groups in total. The minimum absolute atomic E-state index is 0.0987. The number of nitrogens with one attached hydrogen (secondary N) is 1. The van der Waals surface area contributed by atoms with Gasteiger partial charge in [0.2, 0.25) is 5.91 Å². The Morgan fingerprint density at radius 3 is 2.59 bits per heavy atom. The van der Waals surface area contributed by atoms with Crippen molar-refractivity contribution in [3.63, 3.8) is 0 Å². The molecular formula is C22H24N4O2S. The van der Waals surface area contributed by atoms with Crippen LogP contribution in [0.15, 0.2) is 47.3 Å². The molecule has 4 aromatic rings. The maximum Gasteiger partial charge on any atom is 0.291 e. The summed E-state index contributed by atoms with van der Waals surface area (Å²) in [4.78, 5) is 26.9. The monoisotopic (exact) mass is 408 g/mol. The summed E-state index contributed by atoms with van der Waals surface area (Å²) >= 11 is 1.70. The van der Waals surface area contributed by atoms with Crippen molar-refractivity contribution in [2.75, 3.05) is 0 Å². The topological polar surface area (TPSA) is 68.4 Å². The van der Waals surface area contributed by atoms with Gasteiger partial charge in [0.1, 0.15) is 17.9 Å². The van der Waals surface area contributed by atoms with Gasteiger partial charge in [-0.05, 0) is 31.0 Å². The third-order valence-corrected chi connectivity index (χ3v) is 6.34. The average Bonchev–Trinajstić information content (AvgIpc) is 3.28. The van der Waals surface area contributed by atoms with E-state index in [1.165, 1.54) is 9.56 Å². The van der Waals surface area contributed by atoms with E-state index in [0.29, 0.717) is 11.9 Å². The van der Waals surface area contributed by atoms with Gasteiger partial charge in [-0.1, -0.05) is 44.2 Å². The Morgan fingerprint density at radius 1 is 1.14 bits per heavy atom. The first kappa shape index (κ1) is 19.4. The molecule has 1 aromatic carbocycles. The molecule has 3 aromatic heterocycles. The van der Waals surface area contributed by atoms with Crippen LogP contribution in [0, 0.1) is 0 Å². The van der Waals surface area contributed by atoms with Gasteiger partial charge in [-0.2, -0.15) is 5.10 Å². The lowest BCUT2D eigenvalue weighted by molar-refractivity contribution is -0.122. The SMILES string of the molecule is CCc1cc2c(cc3c(=O)n(CC(=O)NC(C)c4ccccc4)nc(CC)n32)s1. The van der Waals surface area contributed by atoms with Gasteiger partial charge in [0, 0.05) is 11.3 Å². The molecule has 6 nitrogen and oxygen atoms in total. The van der Waals surface area contributed by atoms with E-state index in [2.05, 4.69) is 23.4 Å². The molecule has 0 saturated heterocycles. The zero-order valence-electron chi connectivity index (χ0n) is 16.8. The molecule has 0 radical (unpaired) electrons. The van der Waals surface area contributed by atoms with Gasteiger partial charge >= 0.3 is 0 Å². The van der Waals surface area contributed by atoms with Gasteiger partial charge in [0.05, 0.1) is 16.3 Å². The van der Waals surface area contributed by atoms with E-state index in [-0.39, 0.29) is 24.1 Å². The second-order valence-electron chi connectivity index (χ2n) is 7.11. The Kier molecular flexibility index (Phi) is 5.24. The summed E-state index contributed by atoms with van der Waals surface area (Å²) in [5.74, 6) is 0.544. The Bertz CT molecular complexity index is 1240. The maximum atomic E-state index is 13.0. The highest BCUT2D eigenvalue weighted by molar-refractivity contribution is 7.19. The third kappa shape index (κ3) is 3.58. The molecule has 150 valence electrons. The lowest BCUT2D eigenvalue weighted by Crippen LogP contribution is -2.36. The lowest BCUT2D eigenvalue weighted by Gasteiger charge is -2.15. The average molecular weight is 409 g/mol. The molecule has 0 saturated carbocycles. The molecule has 3 heterocycles. The van der Waals surface area contributed by atoms with E-state index in [4.69, 9.17) is 0 Å². The van der Waals surface area contributed by atoms with Gasteiger partial charge in [0.15, 0.2) is 0 Å². The molecule has 4 rings (SSSR count). The van der Waals surface area contributed by atoms with Gasteiger partial charge < -0.3 is 5.32 Å². The minimum Gasteiger partial charge on any atom is -0.348 e. The van der Waals surface area contributed by atoms with Gasteiger partial charge in [0.25, 0.3) is 5.56 Å². The van der Waals surface area contributed by atoms with Crippen molar-refractivity contribution >= 4 is 33.0 Å². The summed E-state index contributed by atoms with van der Waals surface area (Å²) < 4.78 is 4.30. The molecule has 0 aliphatic heterocycles. The zero-order chi connectivity index (χ0) is 20.5. The standard InChI is InChI=1S/C22H24N4O2S/c1-4-16-11-17-19(29-16)12-18-22(28)25(24-20(5-2)26(17)18)13-21(27)23-14(3)15-9-7-6-8-10-15/h6-12,14H,4-5,13H2,1-3H3,(H,23,27). The summed E-state index contributed by atoms with van der Waals surface area (Å²) in [5.41, 5.74) is 2.37. The van der Waals surface area contributed by atoms with Crippen LogP contribution in [0.5, 0.6) is 0 Å². The highest BCUT2D eigenvalue weighted by Gasteiger charge is 2.17. The molecular weight excluding hydrogens is 384 g/mol. The quantitative estimate of drug-likeness (QED) is 0.529. The van der Waals surface area contributed by atoms with Crippen LogP contribution in [0.1, 0.15) is 43.1 Å². The first-order valence-electron chi connectivity index (χ1n) is 9.90. The molecule has 0 aliphatic rings. The van der Waals surface area contributed by atoms with Crippen LogP contribution in [0.3, 0.4) is 0 Å². The Hall–Kier alpha value is -2.93. The second kappa shape index (κ2) is 7.83. The number of carbonyl (C=O) groups is 1. The predicted octanol–water partition coefficient (Wildman–Crippen LogP) is 3.71. The molecule has 1 amide bonds. The van der Waals surface area contributed by atoms with Crippen molar-refractivity contribution in [2.45, 2.75) is 46.2 Å². The predicted molar refractivity (Wildman–Crippen MR) is 117 cm³/mol. The highest BCUT2D eigenvalue weighted by Crippen LogP contribution is 2.29. The van der Waals surface area contributed by atoms with E-state index in [1.807, 2.05) is 54.6 Å². The molecule has 0 aliphatic carbocycles. The molecule has 29 heavy (non-hydrogen) atoms. The first-order valence-corrected chi connectivity index (χ1v) is 10.7. The highest BCUT2D eigenvalue weighted by atomic mass is 32.1. The van der Waals surface area contributed by atoms with Gasteiger partial charge in [-0.15, -0.1) is 11.3 Å². The minimum atomic E-state index is -0.244. The Labute approximate surface area is 172 Å². The van der Waals surface area contributed by atoms with Crippen molar-refractivity contribution in [1.82, 2.24) is 19.5 Å². The molecule has 0 bridgehead atoms. The smallest absolute Gasteiger partial charge is 0.291 e. The van der Waals surface area contributed by atoms with E-state index in [0.717, 1.165) is 28.0 Å². The number of aryl methyl sites for hydroxylation is 2. The largest absolute Gasteiger partial charge is 0.348 e. The van der Waals surface area contributed by atoms with Crippen molar-refractivity contribution < 1.29 is 4.79 Å². The van der Waals surface area contributed by atoms with Crippen molar-refractivity contribution in [3.8, 4) is 0 Å². The Balaban J connectivity index is 1.66. The maximum absolute atomic E-state index is 13.0. The number of thiophene rings is 1. The van der Waals surface area contributed by atoms with Gasteiger partial charge in [-0.3, -0.25) is 14.0 Å². The number of hydrogen-bond acceptors (Lipinski definition) is 4. The number of fused-ring (bicyclic) bond motifs is 3. The van der Waals surface area contributed by atoms with E-state index < -0.39 is 0 Å². The number of nitrogens with zero attached hydrogens (tertiary/aromatic N) is 3. The van der Waals surface area contributed by atoms with E-state index in [1.54, 1.807) is 11.3 Å². The molecule has 7 heteroatoms. The first-order chi connectivity index (χ1) is 14.0. The number of aromatic nitrogens is 3. The van der Waals surface area contributed by atoms with Crippen LogP contribution < -0.4 is 10.9 Å². The third-order valence-electron chi connectivity index (χ3n) is 5.12. The number of benzene rings is 1. The van der Waals surface area contributed by atoms with Crippen LogP contribution in [-0.2, 0) is 24.2 Å². The summed E-state index contributed by atoms with van der Waals surface area (Å²) in [7, 11) is 0. The fourth-order valence-corrected chi connectivity index (χ4v) is 4.62. The normalized spacial score (nSPS) is 12.5. The van der Waals surface area contributed by atoms with Gasteiger partial charge in [-0.25, -0.2) is 4.68 Å². The van der Waals surface area contributed by atoms with Crippen LogP contribution in [0.25, 0.3) is 15.7 Å². The van der Waals surface area contributed by atoms with Crippen LogP contribution in [-0.4, -0.2) is 20.1 Å². The summed E-state index contributed by atoms with van der Waals surface area (Å²) in [5, 5.41) is 7.46. The van der Waals surface area contributed by atoms with E-state index in [9.17, 15) is 9.59 Å². The van der Waals surface area contributed by atoms with Crippen molar-refractivity contribution in [1.29, 1.82) is 0 Å². The fourth-order valence-electron chi connectivity index (χ4n) is 3.60. The molecule has 1 unspecified atom stereocenters. The van der Waals surface area contributed by atoms with Crippen LogP contribution >= 0.6 is 11.3 Å². The Morgan fingerprint density at radius 2 is 1.90 bits per heavy atom. The molecule has 0 fully saturated rings. The summed E-state index contributed by atoms with van der Waals surface area (Å²) in [6, 6.07) is 13.7. The van der Waals surface area contributed by atoms with E-state index >= 15 is 0 Å². The number of hydrogen-bond donors (Lipinski definition) is 1. The number of carbonyl (C=O) groups excluding carboxylic acids is 1. The number of rotatable bonds is 6. The zero-order valence-corrected chi connectivity index (χ0v) is 17.6. The summed E-state index contributed by atoms with van der Waals surface area (Å²) in [6.07, 6.45) is 1.63. The van der Waals surface area contributed by atoms with Crippen LogP contribution in [0.2, 0.25) is 0 Å². The van der Waals surface area contributed by atoms with Crippen molar-refractivity contribution in [2.24, 2.45) is 0 Å². The lowest BCUT2D eigenvalue weighted by atomic mass is 10.1. The van der Waals surface area contributed by atoms with Crippen LogP contribution in [0.4, 0.5) is 0 Å². The summed E-state index contributed by atoms with van der Waals surface area (Å²) in [6.45, 7) is 5.96. The number of amides is 1. The fraction of sp³-hybridized carbons (Fsp3) is 0.318. The molecule has 1 atom stereocenters. The molecule has 0 spiro atoms.